The number of aliphatic carboxylic acids is 1. The lowest BCUT2D eigenvalue weighted by atomic mass is 9.96. The molecule has 0 spiro atoms. The Bertz CT molecular complexity index is 454. The van der Waals surface area contributed by atoms with Gasteiger partial charge < -0.3 is 20.2 Å². The highest BCUT2D eigenvalue weighted by Gasteiger charge is 2.47. The van der Waals surface area contributed by atoms with Crippen LogP contribution in [0.3, 0.4) is 0 Å². The molecule has 0 aromatic heterocycles. The van der Waals surface area contributed by atoms with Crippen LogP contribution in [-0.4, -0.2) is 65.0 Å². The summed E-state index contributed by atoms with van der Waals surface area (Å²) < 4.78 is 0. The topological polar surface area (TPSA) is 90.0 Å². The molecule has 3 amide bonds. The predicted molar refractivity (Wildman–Crippen MR) is 75.7 cm³/mol. The van der Waals surface area contributed by atoms with Gasteiger partial charge in [-0.1, -0.05) is 0 Å². The molecule has 2 N–H and O–H groups in total. The molecule has 0 aromatic rings. The molecule has 2 rings (SSSR count). The summed E-state index contributed by atoms with van der Waals surface area (Å²) >= 11 is 0. The van der Waals surface area contributed by atoms with Crippen LogP contribution in [0.4, 0.5) is 4.79 Å². The summed E-state index contributed by atoms with van der Waals surface area (Å²) in [6.45, 7) is 3.01. The van der Waals surface area contributed by atoms with Crippen molar-refractivity contribution in [1.82, 2.24) is 15.1 Å². The molecule has 7 heteroatoms. The Balaban J connectivity index is 2.09. The number of carbonyl (C=O) groups is 3. The van der Waals surface area contributed by atoms with Crippen LogP contribution in [0.25, 0.3) is 0 Å². The SMILES string of the molecule is CNC(=O)C1CCCN(C(=O)N2CCCC2(C)C(=O)O)C1. The third-order valence-corrected chi connectivity index (χ3v) is 4.64. The number of rotatable bonds is 2. The van der Waals surface area contributed by atoms with Crippen LogP contribution in [0, 0.1) is 5.92 Å². The minimum atomic E-state index is -1.13. The minimum Gasteiger partial charge on any atom is -0.480 e. The quantitative estimate of drug-likeness (QED) is 0.777. The van der Waals surface area contributed by atoms with Crippen molar-refractivity contribution in [2.45, 2.75) is 38.1 Å². The largest absolute Gasteiger partial charge is 0.480 e. The maximum atomic E-state index is 12.6. The maximum absolute atomic E-state index is 12.6. The van der Waals surface area contributed by atoms with Gasteiger partial charge in [-0.2, -0.15) is 0 Å². The fraction of sp³-hybridized carbons (Fsp3) is 0.786. The zero-order chi connectivity index (χ0) is 15.6. The first-order valence-electron chi connectivity index (χ1n) is 7.41. The molecule has 2 fully saturated rings. The first kappa shape index (κ1) is 15.6. The van der Waals surface area contributed by atoms with Gasteiger partial charge in [0.15, 0.2) is 0 Å². The fourth-order valence-corrected chi connectivity index (χ4v) is 3.23. The molecule has 0 saturated carbocycles. The van der Waals surface area contributed by atoms with Gasteiger partial charge in [0.05, 0.1) is 5.92 Å². The van der Waals surface area contributed by atoms with Gasteiger partial charge >= 0.3 is 12.0 Å². The van der Waals surface area contributed by atoms with Crippen molar-refractivity contribution >= 4 is 17.9 Å². The van der Waals surface area contributed by atoms with Crippen molar-refractivity contribution in [3.8, 4) is 0 Å². The van der Waals surface area contributed by atoms with E-state index in [1.807, 2.05) is 0 Å². The Morgan fingerprint density at radius 2 is 1.95 bits per heavy atom. The van der Waals surface area contributed by atoms with E-state index < -0.39 is 11.5 Å². The number of likely N-dealkylation sites (tertiary alicyclic amines) is 2. The van der Waals surface area contributed by atoms with Gasteiger partial charge in [-0.3, -0.25) is 4.79 Å². The molecule has 2 aliphatic rings. The summed E-state index contributed by atoms with van der Waals surface area (Å²) in [6, 6.07) is -0.258. The second-order valence-electron chi connectivity index (χ2n) is 6.02. The Morgan fingerprint density at radius 3 is 2.57 bits per heavy atom. The van der Waals surface area contributed by atoms with E-state index in [0.29, 0.717) is 32.5 Å². The van der Waals surface area contributed by atoms with Crippen LogP contribution in [-0.2, 0) is 9.59 Å². The number of carboxylic acid groups (broad SMARTS) is 1. The fourth-order valence-electron chi connectivity index (χ4n) is 3.23. The number of nitrogens with one attached hydrogen (secondary N) is 1. The normalized spacial score (nSPS) is 29.3. The zero-order valence-corrected chi connectivity index (χ0v) is 12.6. The van der Waals surface area contributed by atoms with E-state index in [9.17, 15) is 19.5 Å². The van der Waals surface area contributed by atoms with Crippen molar-refractivity contribution < 1.29 is 19.5 Å². The number of amides is 3. The van der Waals surface area contributed by atoms with Gasteiger partial charge in [-0.05, 0) is 32.6 Å². The Morgan fingerprint density at radius 1 is 1.24 bits per heavy atom. The Hall–Kier alpha value is -1.79. The first-order valence-corrected chi connectivity index (χ1v) is 7.41. The second-order valence-corrected chi connectivity index (χ2v) is 6.02. The highest BCUT2D eigenvalue weighted by Crippen LogP contribution is 2.31. The number of carbonyl (C=O) groups excluding carboxylic acids is 2. The zero-order valence-electron chi connectivity index (χ0n) is 12.6. The summed E-state index contributed by atoms with van der Waals surface area (Å²) in [7, 11) is 1.59. The van der Waals surface area contributed by atoms with Gasteiger partial charge in [0.25, 0.3) is 0 Å². The molecule has 0 aromatic carbocycles. The first-order chi connectivity index (χ1) is 9.90. The molecule has 2 aliphatic heterocycles. The third kappa shape index (κ3) is 2.82. The summed E-state index contributed by atoms with van der Waals surface area (Å²) in [5.74, 6) is -1.23. The lowest BCUT2D eigenvalue weighted by Gasteiger charge is -2.39. The molecule has 2 unspecified atom stereocenters. The van der Waals surface area contributed by atoms with Crippen LogP contribution < -0.4 is 5.32 Å². The number of carboxylic acids is 1. The van der Waals surface area contributed by atoms with E-state index in [1.165, 1.54) is 4.90 Å². The van der Waals surface area contributed by atoms with Gasteiger partial charge in [-0.25, -0.2) is 9.59 Å². The highest BCUT2D eigenvalue weighted by molar-refractivity contribution is 5.87. The smallest absolute Gasteiger partial charge is 0.329 e. The number of piperidine rings is 1. The van der Waals surface area contributed by atoms with E-state index in [1.54, 1.807) is 18.9 Å². The second kappa shape index (κ2) is 5.91. The molecule has 2 heterocycles. The van der Waals surface area contributed by atoms with E-state index >= 15 is 0 Å². The molecular weight excluding hydrogens is 274 g/mol. The molecular formula is C14H23N3O4. The maximum Gasteiger partial charge on any atom is 0.329 e. The lowest BCUT2D eigenvalue weighted by molar-refractivity contribution is -0.147. The van der Waals surface area contributed by atoms with E-state index in [2.05, 4.69) is 5.32 Å². The average molecular weight is 297 g/mol. The third-order valence-electron chi connectivity index (χ3n) is 4.64. The minimum absolute atomic E-state index is 0.0603. The molecule has 7 nitrogen and oxygen atoms in total. The molecule has 0 radical (unpaired) electrons. The molecule has 0 aliphatic carbocycles. The van der Waals surface area contributed by atoms with Crippen molar-refractivity contribution in [1.29, 1.82) is 0 Å². The van der Waals surface area contributed by atoms with Gasteiger partial charge in [-0.15, -0.1) is 0 Å². The van der Waals surface area contributed by atoms with Gasteiger partial charge in [0.1, 0.15) is 5.54 Å². The van der Waals surface area contributed by atoms with Crippen molar-refractivity contribution in [2.75, 3.05) is 26.7 Å². The van der Waals surface area contributed by atoms with E-state index in [-0.39, 0.29) is 17.9 Å². The van der Waals surface area contributed by atoms with Crippen LogP contribution >= 0.6 is 0 Å². The Labute approximate surface area is 124 Å². The molecule has 118 valence electrons. The number of urea groups is 1. The summed E-state index contributed by atoms with van der Waals surface area (Å²) in [4.78, 5) is 38.9. The van der Waals surface area contributed by atoms with E-state index in [4.69, 9.17) is 0 Å². The summed E-state index contributed by atoms with van der Waals surface area (Å²) in [5, 5.41) is 12.0. The summed E-state index contributed by atoms with van der Waals surface area (Å²) in [6.07, 6.45) is 2.70. The average Bonchev–Trinajstić information content (AvgIpc) is 2.89. The number of hydrogen-bond acceptors (Lipinski definition) is 3. The molecule has 21 heavy (non-hydrogen) atoms. The van der Waals surface area contributed by atoms with Crippen LogP contribution in [0.1, 0.15) is 32.6 Å². The van der Waals surface area contributed by atoms with Crippen molar-refractivity contribution in [2.24, 2.45) is 5.92 Å². The molecule has 2 atom stereocenters. The van der Waals surface area contributed by atoms with Gasteiger partial charge in [0.2, 0.25) is 5.91 Å². The molecule has 0 bridgehead atoms. The monoisotopic (exact) mass is 297 g/mol. The summed E-state index contributed by atoms with van der Waals surface area (Å²) in [5.41, 5.74) is -1.13. The van der Waals surface area contributed by atoms with Crippen molar-refractivity contribution in [3.63, 3.8) is 0 Å². The van der Waals surface area contributed by atoms with Crippen LogP contribution in [0.2, 0.25) is 0 Å². The number of hydrogen-bond donors (Lipinski definition) is 2. The number of nitrogens with zero attached hydrogens (tertiary/aromatic N) is 2. The highest BCUT2D eigenvalue weighted by atomic mass is 16.4. The Kier molecular flexibility index (Phi) is 4.39. The van der Waals surface area contributed by atoms with E-state index in [0.717, 1.165) is 12.8 Å². The lowest BCUT2D eigenvalue weighted by Crippen LogP contribution is -2.57. The standard InChI is InChI=1S/C14H23N3O4/c1-14(12(19)20)6-4-8-17(14)13(21)16-7-3-5-10(9-16)11(18)15-2/h10H,3-9H2,1-2H3,(H,15,18)(H,19,20). The van der Waals surface area contributed by atoms with Crippen molar-refractivity contribution in [3.05, 3.63) is 0 Å². The molecule has 2 saturated heterocycles. The van der Waals surface area contributed by atoms with Gasteiger partial charge in [0, 0.05) is 26.7 Å². The van der Waals surface area contributed by atoms with Crippen LogP contribution in [0.5, 0.6) is 0 Å². The van der Waals surface area contributed by atoms with Crippen LogP contribution in [0.15, 0.2) is 0 Å². The predicted octanol–water partition coefficient (Wildman–Crippen LogP) is 0.504.